The van der Waals surface area contributed by atoms with Crippen LogP contribution in [0.4, 0.5) is 0 Å². The van der Waals surface area contributed by atoms with Gasteiger partial charge in [0.25, 0.3) is 0 Å². The predicted molar refractivity (Wildman–Crippen MR) is 134 cm³/mol. The van der Waals surface area contributed by atoms with Crippen molar-refractivity contribution in [2.45, 2.75) is 47.4 Å². The standard InChI is InChI=1S/C25H26BrNO6S/c1-5-13-33-21(30)19-24(3,4)34-23-25(26,22(31)27(19)23)20(29)18(28)17-15-10-8-7-9-14(15)11-12-16(17)32-6-2/h5,7-12,19-20,23,29H,1,6,13H2,2-4H3/t19-,20?,23+,25-/m0/s1. The maximum atomic E-state index is 13.7. The lowest BCUT2D eigenvalue weighted by Gasteiger charge is -2.51. The average molecular weight is 548 g/mol. The van der Waals surface area contributed by atoms with Gasteiger partial charge in [-0.3, -0.25) is 9.59 Å². The Morgan fingerprint density at radius 3 is 2.68 bits per heavy atom. The molecular formula is C25H26BrNO6S. The Bertz CT molecular complexity index is 1180. The summed E-state index contributed by atoms with van der Waals surface area (Å²) < 4.78 is 8.65. The number of amides is 1. The van der Waals surface area contributed by atoms with E-state index in [0.29, 0.717) is 17.7 Å². The number of aliphatic hydroxyl groups is 1. The number of fused-ring (bicyclic) bond motifs is 2. The number of aliphatic hydroxyl groups excluding tert-OH is 1. The average Bonchev–Trinajstić information content (AvgIpc) is 3.10. The lowest BCUT2D eigenvalue weighted by molar-refractivity contribution is -0.166. The molecule has 0 aliphatic carbocycles. The monoisotopic (exact) mass is 547 g/mol. The minimum absolute atomic E-state index is 0.0324. The van der Waals surface area contributed by atoms with Crippen molar-refractivity contribution in [1.82, 2.24) is 4.90 Å². The first-order valence-electron chi connectivity index (χ1n) is 10.9. The zero-order valence-corrected chi connectivity index (χ0v) is 21.5. The highest BCUT2D eigenvalue weighted by Crippen LogP contribution is 2.59. The molecule has 7 nitrogen and oxygen atoms in total. The molecule has 0 aromatic heterocycles. The first kappa shape index (κ1) is 24.8. The third-order valence-electron chi connectivity index (χ3n) is 6.18. The highest BCUT2D eigenvalue weighted by atomic mass is 79.9. The minimum Gasteiger partial charge on any atom is -0.493 e. The number of thioether (sulfide) groups is 1. The Morgan fingerprint density at radius 1 is 1.29 bits per heavy atom. The first-order valence-corrected chi connectivity index (χ1v) is 12.6. The molecule has 2 aromatic carbocycles. The highest BCUT2D eigenvalue weighted by Gasteiger charge is 2.74. The molecule has 4 rings (SSSR count). The summed E-state index contributed by atoms with van der Waals surface area (Å²) in [5.74, 6) is -1.36. The Kier molecular flexibility index (Phi) is 6.56. The number of β-lactam (4-membered cyclic amide) rings is 1. The van der Waals surface area contributed by atoms with E-state index in [0.717, 1.165) is 5.39 Å². The van der Waals surface area contributed by atoms with Crippen LogP contribution >= 0.6 is 27.7 Å². The third kappa shape index (κ3) is 3.65. The summed E-state index contributed by atoms with van der Waals surface area (Å²) in [5.41, 5.74) is 0.224. The zero-order chi connectivity index (χ0) is 24.8. The van der Waals surface area contributed by atoms with Crippen LogP contribution in [-0.2, 0) is 14.3 Å². The molecule has 1 unspecified atom stereocenters. The SMILES string of the molecule is C=CCOC(=O)[C@@H]1N2C(=O)[C@@](Br)(C(O)C(=O)c3c(OCC)ccc4ccccc34)[C@H]2SC1(C)C. The molecule has 2 heterocycles. The van der Waals surface area contributed by atoms with Crippen molar-refractivity contribution in [3.05, 3.63) is 54.6 Å². The summed E-state index contributed by atoms with van der Waals surface area (Å²) in [6, 6.07) is 10.0. The molecule has 0 saturated carbocycles. The van der Waals surface area contributed by atoms with E-state index in [4.69, 9.17) is 9.47 Å². The van der Waals surface area contributed by atoms with Crippen LogP contribution in [0.1, 0.15) is 31.1 Å². The molecule has 0 bridgehead atoms. The molecule has 1 amide bonds. The number of esters is 1. The smallest absolute Gasteiger partial charge is 0.330 e. The van der Waals surface area contributed by atoms with Crippen molar-refractivity contribution in [3.8, 4) is 5.75 Å². The number of hydrogen-bond donors (Lipinski definition) is 1. The number of halogens is 1. The fourth-order valence-electron chi connectivity index (χ4n) is 4.61. The van der Waals surface area contributed by atoms with Crippen LogP contribution in [0.25, 0.3) is 10.8 Å². The number of nitrogens with zero attached hydrogens (tertiary/aromatic N) is 1. The van der Waals surface area contributed by atoms with Crippen molar-refractivity contribution in [2.75, 3.05) is 13.2 Å². The summed E-state index contributed by atoms with van der Waals surface area (Å²) in [6.07, 6.45) is -0.239. The van der Waals surface area contributed by atoms with Crippen molar-refractivity contribution in [2.24, 2.45) is 0 Å². The number of ketones is 1. The van der Waals surface area contributed by atoms with Crippen LogP contribution in [0.2, 0.25) is 0 Å². The Morgan fingerprint density at radius 2 is 2.00 bits per heavy atom. The van der Waals surface area contributed by atoms with Crippen LogP contribution in [0.3, 0.4) is 0 Å². The maximum Gasteiger partial charge on any atom is 0.330 e. The quantitative estimate of drug-likeness (QED) is 0.177. The topological polar surface area (TPSA) is 93.1 Å². The molecule has 4 atom stereocenters. The van der Waals surface area contributed by atoms with Gasteiger partial charge in [0.15, 0.2) is 10.1 Å². The Balaban J connectivity index is 1.70. The second kappa shape index (κ2) is 9.02. The summed E-state index contributed by atoms with van der Waals surface area (Å²) in [6.45, 7) is 9.39. The van der Waals surface area contributed by atoms with Gasteiger partial charge < -0.3 is 19.5 Å². The van der Waals surface area contributed by atoms with Gasteiger partial charge >= 0.3 is 5.97 Å². The molecule has 2 aliphatic heterocycles. The second-order valence-corrected chi connectivity index (χ2v) is 11.8. The van der Waals surface area contributed by atoms with Gasteiger partial charge in [0.2, 0.25) is 5.91 Å². The lowest BCUT2D eigenvalue weighted by Crippen LogP contribution is -2.75. The largest absolute Gasteiger partial charge is 0.493 e. The Hall–Kier alpha value is -2.36. The number of hydrogen-bond acceptors (Lipinski definition) is 7. The van der Waals surface area contributed by atoms with Crippen LogP contribution in [0.15, 0.2) is 49.1 Å². The van der Waals surface area contributed by atoms with E-state index in [1.54, 1.807) is 18.2 Å². The van der Waals surface area contributed by atoms with Crippen LogP contribution in [0.5, 0.6) is 5.75 Å². The number of benzene rings is 2. The number of carbonyl (C=O) groups excluding carboxylic acids is 3. The maximum absolute atomic E-state index is 13.7. The van der Waals surface area contributed by atoms with Gasteiger partial charge in [-0.2, -0.15) is 0 Å². The molecule has 180 valence electrons. The molecule has 34 heavy (non-hydrogen) atoms. The van der Waals surface area contributed by atoms with Gasteiger partial charge in [0, 0.05) is 4.75 Å². The molecule has 2 aromatic rings. The number of carbonyl (C=O) groups is 3. The summed E-state index contributed by atoms with van der Waals surface area (Å²) >= 11 is 4.77. The van der Waals surface area contributed by atoms with E-state index in [-0.39, 0.29) is 12.2 Å². The van der Waals surface area contributed by atoms with E-state index in [1.165, 1.54) is 22.7 Å². The van der Waals surface area contributed by atoms with Gasteiger partial charge in [-0.15, -0.1) is 11.8 Å². The van der Waals surface area contributed by atoms with Crippen LogP contribution < -0.4 is 4.74 Å². The Labute approximate surface area is 210 Å². The molecule has 0 radical (unpaired) electrons. The van der Waals surface area contributed by atoms with Crippen LogP contribution in [-0.4, -0.2) is 67.5 Å². The molecule has 0 spiro atoms. The van der Waals surface area contributed by atoms with Gasteiger partial charge in [0.05, 0.1) is 12.2 Å². The van der Waals surface area contributed by atoms with Crippen molar-refractivity contribution in [1.29, 1.82) is 0 Å². The molecule has 2 saturated heterocycles. The van der Waals surface area contributed by atoms with Crippen molar-refractivity contribution >= 4 is 56.1 Å². The number of rotatable bonds is 8. The van der Waals surface area contributed by atoms with E-state index in [2.05, 4.69) is 22.5 Å². The van der Waals surface area contributed by atoms with Gasteiger partial charge in [0.1, 0.15) is 29.9 Å². The van der Waals surface area contributed by atoms with Crippen molar-refractivity contribution in [3.63, 3.8) is 0 Å². The van der Waals surface area contributed by atoms with E-state index in [1.807, 2.05) is 39.0 Å². The van der Waals surface area contributed by atoms with Crippen molar-refractivity contribution < 1.29 is 29.0 Å². The second-order valence-electron chi connectivity index (χ2n) is 8.74. The fraction of sp³-hybridized carbons (Fsp3) is 0.400. The predicted octanol–water partition coefficient (Wildman–Crippen LogP) is 3.71. The lowest BCUT2D eigenvalue weighted by atomic mass is 9.83. The van der Waals surface area contributed by atoms with Gasteiger partial charge in [-0.05, 0) is 37.6 Å². The van der Waals surface area contributed by atoms with Crippen LogP contribution in [0, 0.1) is 0 Å². The number of Topliss-reactive ketones (excluding diaryl/α,β-unsaturated/α-hetero) is 1. The molecule has 1 N–H and O–H groups in total. The number of ether oxygens (including phenoxy) is 2. The van der Waals surface area contributed by atoms with Gasteiger partial charge in [-0.25, -0.2) is 4.79 Å². The van der Waals surface area contributed by atoms with E-state index in [9.17, 15) is 19.5 Å². The normalized spacial score (nSPS) is 25.9. The highest BCUT2D eigenvalue weighted by molar-refractivity contribution is 9.10. The minimum atomic E-state index is -1.70. The van der Waals surface area contributed by atoms with Gasteiger partial charge in [-0.1, -0.05) is 58.9 Å². The van der Waals surface area contributed by atoms with E-state index >= 15 is 0 Å². The molecule has 2 fully saturated rings. The fourth-order valence-corrected chi connectivity index (χ4v) is 7.17. The molecule has 2 aliphatic rings. The first-order chi connectivity index (χ1) is 16.1. The summed E-state index contributed by atoms with van der Waals surface area (Å²) in [7, 11) is 0. The zero-order valence-electron chi connectivity index (χ0n) is 19.1. The summed E-state index contributed by atoms with van der Waals surface area (Å²) in [4.78, 5) is 41.2. The number of alkyl halides is 1. The third-order valence-corrected chi connectivity index (χ3v) is 9.34. The molecular weight excluding hydrogens is 522 g/mol. The molecule has 9 heteroatoms. The van der Waals surface area contributed by atoms with E-state index < -0.39 is 44.3 Å². The summed E-state index contributed by atoms with van der Waals surface area (Å²) in [5, 5.41) is 12.1.